The van der Waals surface area contributed by atoms with Gasteiger partial charge in [-0.2, -0.15) is 12.6 Å². The first kappa shape index (κ1) is 14.6. The summed E-state index contributed by atoms with van der Waals surface area (Å²) < 4.78 is 5.91. The molecule has 1 nitrogen and oxygen atoms in total. The molecule has 0 saturated carbocycles. The third-order valence-corrected chi connectivity index (χ3v) is 3.32. The molecule has 0 N–H and O–H groups in total. The van der Waals surface area contributed by atoms with E-state index < -0.39 is 0 Å². The van der Waals surface area contributed by atoms with Crippen LogP contribution >= 0.6 is 12.6 Å². The van der Waals surface area contributed by atoms with Crippen molar-refractivity contribution in [1.82, 2.24) is 0 Å². The molecular weight excluding hydrogens is 228 g/mol. The van der Waals surface area contributed by atoms with E-state index in [0.29, 0.717) is 17.9 Å². The van der Waals surface area contributed by atoms with Crippen molar-refractivity contribution in [1.29, 1.82) is 0 Å². The lowest BCUT2D eigenvalue weighted by Crippen LogP contribution is -2.17. The van der Waals surface area contributed by atoms with Crippen LogP contribution in [-0.4, -0.2) is 18.5 Å². The zero-order chi connectivity index (χ0) is 12.7. The molecule has 0 aliphatic carbocycles. The van der Waals surface area contributed by atoms with Crippen LogP contribution in [0.5, 0.6) is 0 Å². The van der Waals surface area contributed by atoms with E-state index >= 15 is 0 Å². The molecule has 2 heteroatoms. The minimum Gasteiger partial charge on any atom is -0.378 e. The average Bonchev–Trinajstić information content (AvgIpc) is 2.30. The lowest BCUT2D eigenvalue weighted by atomic mass is 10.0. The zero-order valence-electron chi connectivity index (χ0n) is 11.1. The number of rotatable bonds is 7. The molecule has 1 aromatic carbocycles. The highest BCUT2D eigenvalue weighted by Gasteiger charge is 2.12. The van der Waals surface area contributed by atoms with Gasteiger partial charge in [-0.15, -0.1) is 0 Å². The summed E-state index contributed by atoms with van der Waals surface area (Å²) in [5.41, 5.74) is 1.32. The van der Waals surface area contributed by atoms with Crippen molar-refractivity contribution >= 4 is 12.6 Å². The van der Waals surface area contributed by atoms with E-state index in [0.717, 1.165) is 18.8 Å². The predicted octanol–water partition coefficient (Wildman–Crippen LogP) is 4.15. The van der Waals surface area contributed by atoms with Crippen LogP contribution in [0.25, 0.3) is 0 Å². The first-order chi connectivity index (χ1) is 8.13. The summed E-state index contributed by atoms with van der Waals surface area (Å²) in [6.45, 7) is 7.38. The molecule has 1 aromatic rings. The maximum atomic E-state index is 5.91. The van der Waals surface area contributed by atoms with E-state index in [2.05, 4.69) is 57.7 Å². The van der Waals surface area contributed by atoms with Gasteiger partial charge in [0.05, 0.1) is 12.7 Å². The molecule has 1 rings (SSSR count). The fourth-order valence-corrected chi connectivity index (χ4v) is 2.31. The molecule has 17 heavy (non-hydrogen) atoms. The van der Waals surface area contributed by atoms with Gasteiger partial charge in [-0.1, -0.05) is 44.2 Å². The van der Waals surface area contributed by atoms with Crippen molar-refractivity contribution in [3.05, 3.63) is 35.9 Å². The maximum Gasteiger partial charge on any atom is 0.0549 e. The quantitative estimate of drug-likeness (QED) is 0.717. The van der Waals surface area contributed by atoms with Crippen molar-refractivity contribution in [2.45, 2.75) is 39.2 Å². The summed E-state index contributed by atoms with van der Waals surface area (Å²) >= 11 is 4.42. The van der Waals surface area contributed by atoms with Gasteiger partial charge in [0.25, 0.3) is 0 Å². The highest BCUT2D eigenvalue weighted by molar-refractivity contribution is 7.80. The number of benzene rings is 1. The molecule has 2 unspecified atom stereocenters. The molecular formula is C15H24OS. The van der Waals surface area contributed by atoms with Gasteiger partial charge in [-0.25, -0.2) is 0 Å². The number of hydrogen-bond donors (Lipinski definition) is 1. The van der Waals surface area contributed by atoms with Crippen LogP contribution in [0.2, 0.25) is 0 Å². The lowest BCUT2D eigenvalue weighted by molar-refractivity contribution is 0.0453. The van der Waals surface area contributed by atoms with Crippen molar-refractivity contribution in [2.75, 3.05) is 12.4 Å². The van der Waals surface area contributed by atoms with Gasteiger partial charge in [0, 0.05) is 5.92 Å². The van der Waals surface area contributed by atoms with Crippen molar-refractivity contribution < 1.29 is 4.74 Å². The van der Waals surface area contributed by atoms with Crippen LogP contribution in [0.4, 0.5) is 0 Å². The van der Waals surface area contributed by atoms with Crippen molar-refractivity contribution in [3.63, 3.8) is 0 Å². The summed E-state index contributed by atoms with van der Waals surface area (Å²) in [7, 11) is 0. The van der Waals surface area contributed by atoms with E-state index in [1.54, 1.807) is 0 Å². The predicted molar refractivity (Wildman–Crippen MR) is 77.9 cm³/mol. The Morgan fingerprint density at radius 1 is 1.12 bits per heavy atom. The highest BCUT2D eigenvalue weighted by Crippen LogP contribution is 2.19. The third-order valence-electron chi connectivity index (χ3n) is 2.88. The summed E-state index contributed by atoms with van der Waals surface area (Å²) in [5, 5.41) is 0. The Bertz CT molecular complexity index is 297. The minimum absolute atomic E-state index is 0.334. The van der Waals surface area contributed by atoms with Crippen LogP contribution in [0.3, 0.4) is 0 Å². The first-order valence-electron chi connectivity index (χ1n) is 6.41. The molecule has 2 atom stereocenters. The normalized spacial score (nSPS) is 14.9. The fraction of sp³-hybridized carbons (Fsp3) is 0.600. The van der Waals surface area contributed by atoms with E-state index in [4.69, 9.17) is 4.74 Å². The van der Waals surface area contributed by atoms with Gasteiger partial charge < -0.3 is 4.74 Å². The van der Waals surface area contributed by atoms with Crippen LogP contribution in [-0.2, 0) is 4.74 Å². The fourth-order valence-electron chi connectivity index (χ4n) is 1.99. The van der Waals surface area contributed by atoms with Gasteiger partial charge in [0.2, 0.25) is 0 Å². The Balaban J connectivity index is 2.43. The van der Waals surface area contributed by atoms with E-state index in [-0.39, 0.29) is 0 Å². The minimum atomic E-state index is 0.334. The molecule has 0 heterocycles. The number of ether oxygens (including phenoxy) is 1. The molecule has 0 spiro atoms. The molecule has 0 aliphatic heterocycles. The SMILES string of the molecule is CC(C)CC(C)OCC(CS)c1ccccc1. The Morgan fingerprint density at radius 3 is 2.29 bits per heavy atom. The average molecular weight is 252 g/mol. The van der Waals surface area contributed by atoms with E-state index in [1.807, 2.05) is 6.07 Å². The van der Waals surface area contributed by atoms with Gasteiger partial charge in [-0.3, -0.25) is 0 Å². The smallest absolute Gasteiger partial charge is 0.0549 e. The molecule has 0 amide bonds. The number of hydrogen-bond acceptors (Lipinski definition) is 2. The Labute approximate surface area is 111 Å². The monoisotopic (exact) mass is 252 g/mol. The van der Waals surface area contributed by atoms with Crippen LogP contribution < -0.4 is 0 Å². The summed E-state index contributed by atoms with van der Waals surface area (Å²) in [5.74, 6) is 1.92. The van der Waals surface area contributed by atoms with Crippen LogP contribution in [0, 0.1) is 5.92 Å². The molecule has 0 fully saturated rings. The van der Waals surface area contributed by atoms with Crippen molar-refractivity contribution in [2.24, 2.45) is 5.92 Å². The Kier molecular flexibility index (Phi) is 6.68. The van der Waals surface area contributed by atoms with Gasteiger partial charge >= 0.3 is 0 Å². The molecule has 0 saturated heterocycles. The van der Waals surface area contributed by atoms with Gasteiger partial charge in [-0.05, 0) is 30.6 Å². The van der Waals surface area contributed by atoms with Crippen molar-refractivity contribution in [3.8, 4) is 0 Å². The molecule has 96 valence electrons. The van der Waals surface area contributed by atoms with E-state index in [1.165, 1.54) is 5.56 Å². The zero-order valence-corrected chi connectivity index (χ0v) is 12.0. The summed E-state index contributed by atoms with van der Waals surface area (Å²) in [6.07, 6.45) is 1.45. The molecule has 0 aromatic heterocycles. The first-order valence-corrected chi connectivity index (χ1v) is 7.04. The third kappa shape index (κ3) is 5.60. The standard InChI is InChI=1S/C15H24OS/c1-12(2)9-13(3)16-10-15(11-17)14-7-5-4-6-8-14/h4-8,12-13,15,17H,9-11H2,1-3H3. The summed E-state index contributed by atoms with van der Waals surface area (Å²) in [4.78, 5) is 0. The highest BCUT2D eigenvalue weighted by atomic mass is 32.1. The molecule has 0 aliphatic rings. The van der Waals surface area contributed by atoms with Crippen LogP contribution in [0.1, 0.15) is 38.7 Å². The topological polar surface area (TPSA) is 9.23 Å². The van der Waals surface area contributed by atoms with Gasteiger partial charge in [0.1, 0.15) is 0 Å². The molecule has 0 radical (unpaired) electrons. The number of thiol groups is 1. The maximum absolute atomic E-state index is 5.91. The lowest BCUT2D eigenvalue weighted by Gasteiger charge is -2.20. The second kappa shape index (κ2) is 7.78. The largest absolute Gasteiger partial charge is 0.378 e. The van der Waals surface area contributed by atoms with Crippen LogP contribution in [0.15, 0.2) is 30.3 Å². The summed E-state index contributed by atoms with van der Waals surface area (Å²) in [6, 6.07) is 10.5. The Morgan fingerprint density at radius 2 is 1.76 bits per heavy atom. The Hall–Kier alpha value is -0.470. The second-order valence-corrected chi connectivity index (χ2v) is 5.43. The second-order valence-electron chi connectivity index (χ2n) is 5.06. The van der Waals surface area contributed by atoms with E-state index in [9.17, 15) is 0 Å². The molecule has 0 bridgehead atoms. The van der Waals surface area contributed by atoms with Gasteiger partial charge in [0.15, 0.2) is 0 Å².